The molecule has 2 aliphatic heterocycles. The van der Waals surface area contributed by atoms with E-state index >= 15 is 0 Å². The molecule has 0 radical (unpaired) electrons. The first-order chi connectivity index (χ1) is 27.2. The number of benzene rings is 8. The van der Waals surface area contributed by atoms with E-state index in [1.807, 2.05) is 0 Å². The quantitative estimate of drug-likeness (QED) is 0.170. The summed E-state index contributed by atoms with van der Waals surface area (Å²) in [4.78, 5) is 0. The van der Waals surface area contributed by atoms with Crippen molar-refractivity contribution in [3.05, 3.63) is 168 Å². The zero-order valence-corrected chi connectivity index (χ0v) is 32.3. The molecule has 3 nitrogen and oxygen atoms in total. The molecule has 1 atom stereocenters. The summed E-state index contributed by atoms with van der Waals surface area (Å²) in [6.45, 7) is 11.0. The molecule has 1 aliphatic carbocycles. The van der Waals surface area contributed by atoms with E-state index in [2.05, 4.69) is 191 Å². The lowest BCUT2D eigenvalue weighted by atomic mass is 9.72. The van der Waals surface area contributed by atoms with Gasteiger partial charge in [-0.2, -0.15) is 0 Å². The van der Waals surface area contributed by atoms with Crippen LogP contribution in [-0.2, 0) is 14.7 Å². The van der Waals surface area contributed by atoms with Gasteiger partial charge in [-0.15, -0.1) is 0 Å². The van der Waals surface area contributed by atoms with Crippen molar-refractivity contribution in [1.29, 1.82) is 0 Å². The maximum absolute atomic E-state index is 6.67. The van der Waals surface area contributed by atoms with Crippen molar-refractivity contribution in [2.45, 2.75) is 51.2 Å². The monoisotopic (exact) mass is 721 g/mol. The van der Waals surface area contributed by atoms with E-state index in [1.165, 1.54) is 93.7 Å². The zero-order chi connectivity index (χ0) is 37.7. The van der Waals surface area contributed by atoms with Crippen LogP contribution in [0.2, 0.25) is 0 Å². The Hall–Kier alpha value is -5.94. The number of rotatable bonds is 3. The van der Waals surface area contributed by atoms with E-state index in [4.69, 9.17) is 9.31 Å². The van der Waals surface area contributed by atoms with Gasteiger partial charge >= 0.3 is 7.12 Å². The molecule has 0 N–H and O–H groups in total. The molecule has 0 saturated carbocycles. The third-order valence-electron chi connectivity index (χ3n) is 13.8. The predicted octanol–water partition coefficient (Wildman–Crippen LogP) is 12.4. The van der Waals surface area contributed by atoms with Gasteiger partial charge in [-0.05, 0) is 125 Å². The van der Waals surface area contributed by atoms with Gasteiger partial charge < -0.3 is 13.9 Å². The van der Waals surface area contributed by atoms with Crippen LogP contribution in [0.5, 0.6) is 0 Å². The fraction of sp³-hybridized carbons (Fsp3) is 0.154. The van der Waals surface area contributed by atoms with Crippen molar-refractivity contribution < 1.29 is 9.31 Å². The van der Waals surface area contributed by atoms with E-state index in [-0.39, 0.29) is 0 Å². The smallest absolute Gasteiger partial charge is 0.399 e. The third kappa shape index (κ3) is 4.00. The van der Waals surface area contributed by atoms with Crippen molar-refractivity contribution >= 4 is 55.9 Å². The maximum Gasteiger partial charge on any atom is 0.495 e. The largest absolute Gasteiger partial charge is 0.495 e. The van der Waals surface area contributed by atoms with Gasteiger partial charge in [0.2, 0.25) is 0 Å². The molecule has 3 heterocycles. The molecule has 1 aromatic heterocycles. The van der Waals surface area contributed by atoms with Crippen LogP contribution in [0.15, 0.2) is 152 Å². The molecule has 1 fully saturated rings. The van der Waals surface area contributed by atoms with Crippen molar-refractivity contribution in [2.24, 2.45) is 0 Å². The molecule has 0 spiro atoms. The summed E-state index contributed by atoms with van der Waals surface area (Å²) >= 11 is 0. The minimum Gasteiger partial charge on any atom is -0.399 e. The van der Waals surface area contributed by atoms with E-state index in [1.54, 1.807) is 0 Å². The van der Waals surface area contributed by atoms with Gasteiger partial charge in [-0.3, -0.25) is 0 Å². The lowest BCUT2D eigenvalue weighted by Gasteiger charge is -2.32. The minimum absolute atomic E-state index is 0.417. The Balaban J connectivity index is 1.24. The summed E-state index contributed by atoms with van der Waals surface area (Å²) in [5.74, 6) is 0. The van der Waals surface area contributed by atoms with Crippen LogP contribution in [0.25, 0.3) is 82.4 Å². The summed E-state index contributed by atoms with van der Waals surface area (Å²) in [5, 5.41) is 7.40. The Labute approximate surface area is 327 Å². The van der Waals surface area contributed by atoms with Crippen LogP contribution in [0.1, 0.15) is 51.3 Å². The zero-order valence-electron chi connectivity index (χ0n) is 32.3. The number of hydrogen-bond acceptors (Lipinski definition) is 2. The summed E-state index contributed by atoms with van der Waals surface area (Å²) in [6.07, 6.45) is 0. The van der Waals surface area contributed by atoms with Gasteiger partial charge in [0.25, 0.3) is 0 Å². The Morgan fingerprint density at radius 1 is 0.482 bits per heavy atom. The van der Waals surface area contributed by atoms with Gasteiger partial charge in [-0.25, -0.2) is 0 Å². The fourth-order valence-electron chi connectivity index (χ4n) is 10.3. The molecule has 0 amide bonds. The first-order valence-electron chi connectivity index (χ1n) is 19.9. The second-order valence-corrected chi connectivity index (χ2v) is 17.2. The average Bonchev–Trinajstić information content (AvgIpc) is 3.74. The van der Waals surface area contributed by atoms with Crippen LogP contribution in [0.3, 0.4) is 0 Å². The second-order valence-electron chi connectivity index (χ2n) is 17.2. The first kappa shape index (κ1) is 32.3. The summed E-state index contributed by atoms with van der Waals surface area (Å²) < 4.78 is 15.9. The Morgan fingerprint density at radius 2 is 1.14 bits per heavy atom. The number of nitrogens with zero attached hydrogens (tertiary/aromatic N) is 1. The van der Waals surface area contributed by atoms with Gasteiger partial charge in [0.15, 0.2) is 0 Å². The van der Waals surface area contributed by atoms with Crippen molar-refractivity contribution in [2.75, 3.05) is 0 Å². The van der Waals surface area contributed by atoms with E-state index in [9.17, 15) is 0 Å². The summed E-state index contributed by atoms with van der Waals surface area (Å²) in [7, 11) is -0.462. The normalized spacial score (nSPS) is 18.6. The van der Waals surface area contributed by atoms with Crippen LogP contribution in [0, 0.1) is 0 Å². The Morgan fingerprint density at radius 3 is 2.00 bits per heavy atom. The number of fused-ring (bicyclic) bond motifs is 8. The highest BCUT2D eigenvalue weighted by atomic mass is 16.7. The van der Waals surface area contributed by atoms with Crippen molar-refractivity contribution in [3.63, 3.8) is 0 Å². The second kappa shape index (κ2) is 10.9. The molecule has 268 valence electrons. The van der Waals surface area contributed by atoms with E-state index in [0.717, 1.165) is 10.8 Å². The van der Waals surface area contributed by atoms with Crippen LogP contribution < -0.4 is 5.46 Å². The predicted molar refractivity (Wildman–Crippen MR) is 233 cm³/mol. The number of para-hydroxylation sites is 2. The van der Waals surface area contributed by atoms with Crippen molar-refractivity contribution in [1.82, 2.24) is 4.57 Å². The highest BCUT2D eigenvalue weighted by molar-refractivity contribution is 6.65. The molecule has 9 aromatic rings. The van der Waals surface area contributed by atoms with E-state index in [0.29, 0.717) is 0 Å². The molecular formula is C52H40BNO2. The van der Waals surface area contributed by atoms with Gasteiger partial charge in [-0.1, -0.05) is 127 Å². The van der Waals surface area contributed by atoms with Gasteiger partial charge in [0.1, 0.15) is 0 Å². The molecule has 56 heavy (non-hydrogen) atoms. The van der Waals surface area contributed by atoms with E-state index < -0.39 is 23.7 Å². The lowest BCUT2D eigenvalue weighted by Crippen LogP contribution is -2.41. The Kier molecular flexibility index (Phi) is 6.28. The molecule has 1 unspecified atom stereocenters. The lowest BCUT2D eigenvalue weighted by molar-refractivity contribution is 0.00578. The average molecular weight is 722 g/mol. The topological polar surface area (TPSA) is 23.4 Å². The standard InChI is InChI=1S/C52H40BNO2/c1-50(2)51(3,4)56-53(55-50)43-24-14-20-34-35(19-12-21-36(34)43)40-30-42-48-47-38(22-13-23-41(47)52(42,5)33-28-27-31-15-6-7-16-32(31)29-33)37-17-8-10-25-44(37)54-45-26-11-9-18-39(45)46(40)49(48)54/h6-30H,1-5H3. The van der Waals surface area contributed by atoms with Crippen LogP contribution in [-0.4, -0.2) is 22.9 Å². The first-order valence-corrected chi connectivity index (χ1v) is 19.9. The van der Waals surface area contributed by atoms with Crippen molar-refractivity contribution in [3.8, 4) is 39.1 Å². The molecular weight excluding hydrogens is 681 g/mol. The Bertz CT molecular complexity index is 3170. The van der Waals surface area contributed by atoms with Crippen LogP contribution in [0.4, 0.5) is 0 Å². The molecule has 12 rings (SSSR count). The van der Waals surface area contributed by atoms with Crippen LogP contribution >= 0.6 is 0 Å². The number of aromatic nitrogens is 1. The molecule has 4 heteroatoms. The molecule has 3 aliphatic rings. The fourth-order valence-corrected chi connectivity index (χ4v) is 10.3. The highest BCUT2D eigenvalue weighted by Gasteiger charge is 2.52. The minimum atomic E-state index is -0.462. The SMILES string of the molecule is CC1(c2ccc3ccccc3c2)c2cccc3c2-c2c1cc(-c1cccc4c(B5OC(C)(C)C(C)(C)O5)cccc14)c1c4ccccc4n(c21)-c1ccccc1-3. The molecule has 0 bridgehead atoms. The van der Waals surface area contributed by atoms with Gasteiger partial charge in [0, 0.05) is 27.3 Å². The molecule has 1 saturated heterocycles. The summed E-state index contributed by atoms with van der Waals surface area (Å²) in [5.41, 5.74) is 15.2. The highest BCUT2D eigenvalue weighted by Crippen LogP contribution is 2.61. The maximum atomic E-state index is 6.67. The number of hydrogen-bond donors (Lipinski definition) is 0. The third-order valence-corrected chi connectivity index (χ3v) is 13.8. The molecule has 8 aromatic carbocycles. The van der Waals surface area contributed by atoms with Gasteiger partial charge in [0.05, 0.1) is 27.9 Å². The summed E-state index contributed by atoms with van der Waals surface area (Å²) in [6, 6.07) is 56.8.